The highest BCUT2D eigenvalue weighted by Gasteiger charge is 2.15. The highest BCUT2D eigenvalue weighted by Crippen LogP contribution is 2.26. The van der Waals surface area contributed by atoms with Crippen LogP contribution in [0.4, 0.5) is 11.4 Å². The molecule has 24 heavy (non-hydrogen) atoms. The first-order valence-corrected chi connectivity index (χ1v) is 8.27. The second-order valence-corrected chi connectivity index (χ2v) is 5.87. The van der Waals surface area contributed by atoms with Crippen molar-refractivity contribution in [1.82, 2.24) is 0 Å². The lowest BCUT2D eigenvalue weighted by Crippen LogP contribution is -2.36. The molecule has 2 aromatic rings. The Morgan fingerprint density at radius 2 is 1.79 bits per heavy atom. The number of carbonyl (C=O) groups is 1. The van der Waals surface area contributed by atoms with Gasteiger partial charge in [0.05, 0.1) is 24.6 Å². The number of nitrogens with one attached hydrogen (secondary N) is 1. The number of amides is 1. The third-order valence-electron chi connectivity index (χ3n) is 3.83. The summed E-state index contributed by atoms with van der Waals surface area (Å²) in [5.74, 6) is -0.185. The first-order valence-electron chi connectivity index (χ1n) is 7.89. The van der Waals surface area contributed by atoms with Gasteiger partial charge < -0.3 is 15.0 Å². The fourth-order valence-corrected chi connectivity index (χ4v) is 2.81. The van der Waals surface area contributed by atoms with Crippen molar-refractivity contribution in [3.63, 3.8) is 0 Å². The number of halogens is 1. The van der Waals surface area contributed by atoms with Gasteiger partial charge >= 0.3 is 0 Å². The Morgan fingerprint density at radius 3 is 2.58 bits per heavy atom. The summed E-state index contributed by atoms with van der Waals surface area (Å²) in [4.78, 5) is 14.5. The van der Waals surface area contributed by atoms with Crippen LogP contribution in [0.3, 0.4) is 0 Å². The molecule has 0 saturated carbocycles. The molecule has 124 valence electrons. The van der Waals surface area contributed by atoms with E-state index in [-0.39, 0.29) is 5.91 Å². The number of rotatable bonds is 4. The molecule has 1 heterocycles. The van der Waals surface area contributed by atoms with Gasteiger partial charge in [-0.2, -0.15) is 0 Å². The van der Waals surface area contributed by atoms with Crippen LogP contribution in [0.2, 0.25) is 5.02 Å². The van der Waals surface area contributed by atoms with Crippen molar-refractivity contribution < 1.29 is 9.53 Å². The first kappa shape index (κ1) is 16.6. The van der Waals surface area contributed by atoms with Crippen molar-refractivity contribution >= 4 is 35.0 Å². The molecule has 3 rings (SSSR count). The second kappa shape index (κ2) is 7.99. The summed E-state index contributed by atoms with van der Waals surface area (Å²) in [7, 11) is 0. The normalized spacial score (nSPS) is 14.8. The van der Waals surface area contributed by atoms with Gasteiger partial charge in [0.1, 0.15) is 0 Å². The molecule has 1 aliphatic rings. The summed E-state index contributed by atoms with van der Waals surface area (Å²) in [5, 5.41) is 3.57. The monoisotopic (exact) mass is 342 g/mol. The van der Waals surface area contributed by atoms with E-state index in [1.54, 1.807) is 12.1 Å². The van der Waals surface area contributed by atoms with Crippen molar-refractivity contribution in [2.45, 2.75) is 0 Å². The van der Waals surface area contributed by atoms with E-state index < -0.39 is 0 Å². The number of nitrogens with zero attached hydrogens (tertiary/aromatic N) is 1. The van der Waals surface area contributed by atoms with Crippen LogP contribution in [0, 0.1) is 0 Å². The number of ether oxygens (including phenoxy) is 1. The van der Waals surface area contributed by atoms with Gasteiger partial charge in [0.2, 0.25) is 5.91 Å². The minimum absolute atomic E-state index is 0.185. The van der Waals surface area contributed by atoms with Crippen LogP contribution in [-0.4, -0.2) is 32.2 Å². The Balaban J connectivity index is 1.71. The quantitative estimate of drug-likeness (QED) is 0.859. The molecule has 1 amide bonds. The summed E-state index contributed by atoms with van der Waals surface area (Å²) in [5.41, 5.74) is 2.63. The number of hydrogen-bond acceptors (Lipinski definition) is 3. The van der Waals surface area contributed by atoms with Crippen LogP contribution in [-0.2, 0) is 9.53 Å². The Bertz CT molecular complexity index is 740. The fourth-order valence-electron chi connectivity index (χ4n) is 2.61. The SMILES string of the molecule is O=C(/C=C/c1ccccc1Cl)Nc1ccccc1N1CCOCC1. The van der Waals surface area contributed by atoms with E-state index in [1.165, 1.54) is 6.08 Å². The highest BCUT2D eigenvalue weighted by molar-refractivity contribution is 6.32. The number of benzene rings is 2. The summed E-state index contributed by atoms with van der Waals surface area (Å²) < 4.78 is 5.39. The largest absolute Gasteiger partial charge is 0.378 e. The van der Waals surface area contributed by atoms with Crippen LogP contribution in [0.15, 0.2) is 54.6 Å². The molecule has 1 aliphatic heterocycles. The van der Waals surface area contributed by atoms with Gasteiger partial charge in [-0.05, 0) is 29.8 Å². The summed E-state index contributed by atoms with van der Waals surface area (Å²) in [6, 6.07) is 15.2. The van der Waals surface area contributed by atoms with Crippen molar-refractivity contribution in [3.8, 4) is 0 Å². The zero-order valence-electron chi connectivity index (χ0n) is 13.2. The highest BCUT2D eigenvalue weighted by atomic mass is 35.5. The van der Waals surface area contributed by atoms with Crippen molar-refractivity contribution in [3.05, 3.63) is 65.2 Å². The molecule has 1 fully saturated rings. The van der Waals surface area contributed by atoms with E-state index >= 15 is 0 Å². The molecule has 5 heteroatoms. The molecule has 0 bridgehead atoms. The van der Waals surface area contributed by atoms with Crippen LogP contribution >= 0.6 is 11.6 Å². The lowest BCUT2D eigenvalue weighted by atomic mass is 10.2. The number of hydrogen-bond donors (Lipinski definition) is 1. The molecule has 1 N–H and O–H groups in total. The molecule has 0 unspecified atom stereocenters. The second-order valence-electron chi connectivity index (χ2n) is 5.46. The van der Waals surface area contributed by atoms with Crippen molar-refractivity contribution in [2.24, 2.45) is 0 Å². The number of morpholine rings is 1. The number of carbonyl (C=O) groups excluding carboxylic acids is 1. The Morgan fingerprint density at radius 1 is 1.08 bits per heavy atom. The van der Waals surface area contributed by atoms with Crippen molar-refractivity contribution in [2.75, 3.05) is 36.5 Å². The van der Waals surface area contributed by atoms with Gasteiger partial charge in [-0.15, -0.1) is 0 Å². The molecular weight excluding hydrogens is 324 g/mol. The predicted octanol–water partition coefficient (Wildman–Crippen LogP) is 3.83. The maximum absolute atomic E-state index is 12.2. The van der Waals surface area contributed by atoms with Crippen LogP contribution in [0.1, 0.15) is 5.56 Å². The third kappa shape index (κ3) is 4.16. The molecule has 4 nitrogen and oxygen atoms in total. The summed E-state index contributed by atoms with van der Waals surface area (Å²) in [6.07, 6.45) is 3.21. The maximum atomic E-state index is 12.2. The average Bonchev–Trinajstić information content (AvgIpc) is 2.62. The standard InChI is InChI=1S/C19H19ClN2O2/c20-16-6-2-1-5-15(16)9-10-19(23)21-17-7-3-4-8-18(17)22-11-13-24-14-12-22/h1-10H,11-14H2,(H,21,23)/b10-9+. The zero-order valence-corrected chi connectivity index (χ0v) is 14.0. The summed E-state index contributed by atoms with van der Waals surface area (Å²) in [6.45, 7) is 3.05. The van der Waals surface area contributed by atoms with Crippen LogP contribution < -0.4 is 10.2 Å². The van der Waals surface area contributed by atoms with Gasteiger partial charge in [0.15, 0.2) is 0 Å². The lowest BCUT2D eigenvalue weighted by molar-refractivity contribution is -0.111. The molecule has 2 aromatic carbocycles. The van der Waals surface area contributed by atoms with E-state index in [1.807, 2.05) is 42.5 Å². The average molecular weight is 343 g/mol. The van der Waals surface area contributed by atoms with E-state index in [0.717, 1.165) is 30.0 Å². The van der Waals surface area contributed by atoms with Gasteiger partial charge in [-0.25, -0.2) is 0 Å². The number of para-hydroxylation sites is 2. The van der Waals surface area contributed by atoms with Gasteiger partial charge in [-0.3, -0.25) is 4.79 Å². The van der Waals surface area contributed by atoms with Crippen LogP contribution in [0.25, 0.3) is 6.08 Å². The maximum Gasteiger partial charge on any atom is 0.248 e. The zero-order chi connectivity index (χ0) is 16.8. The molecule has 0 atom stereocenters. The Hall–Kier alpha value is -2.30. The van der Waals surface area contributed by atoms with Gasteiger partial charge in [0, 0.05) is 24.2 Å². The minimum Gasteiger partial charge on any atom is -0.378 e. The Labute approximate surface area is 146 Å². The fraction of sp³-hybridized carbons (Fsp3) is 0.211. The van der Waals surface area contributed by atoms with E-state index in [2.05, 4.69) is 10.2 Å². The van der Waals surface area contributed by atoms with Crippen LogP contribution in [0.5, 0.6) is 0 Å². The lowest BCUT2D eigenvalue weighted by Gasteiger charge is -2.30. The van der Waals surface area contributed by atoms with Gasteiger partial charge in [-0.1, -0.05) is 41.9 Å². The molecule has 0 aromatic heterocycles. The predicted molar refractivity (Wildman–Crippen MR) is 98.6 cm³/mol. The minimum atomic E-state index is -0.185. The first-order chi connectivity index (χ1) is 11.7. The molecule has 0 radical (unpaired) electrons. The molecule has 1 saturated heterocycles. The Kier molecular flexibility index (Phi) is 5.51. The third-order valence-corrected chi connectivity index (χ3v) is 4.18. The molecule has 0 spiro atoms. The number of anilines is 2. The molecular formula is C19H19ClN2O2. The van der Waals surface area contributed by atoms with E-state index in [4.69, 9.17) is 16.3 Å². The molecule has 0 aliphatic carbocycles. The summed E-state index contributed by atoms with van der Waals surface area (Å²) >= 11 is 6.09. The van der Waals surface area contributed by atoms with E-state index in [9.17, 15) is 4.79 Å². The van der Waals surface area contributed by atoms with E-state index in [0.29, 0.717) is 18.2 Å². The van der Waals surface area contributed by atoms with Gasteiger partial charge in [0.25, 0.3) is 0 Å². The topological polar surface area (TPSA) is 41.6 Å². The smallest absolute Gasteiger partial charge is 0.248 e. The van der Waals surface area contributed by atoms with Crippen molar-refractivity contribution in [1.29, 1.82) is 0 Å².